The molecule has 1 rings (SSSR count). The summed E-state index contributed by atoms with van der Waals surface area (Å²) in [6.45, 7) is 0. The van der Waals surface area contributed by atoms with Gasteiger partial charge in [0.1, 0.15) is 5.56 Å². The van der Waals surface area contributed by atoms with Crippen LogP contribution in [0.2, 0.25) is 0 Å². The summed E-state index contributed by atoms with van der Waals surface area (Å²) >= 11 is 2.65. The second kappa shape index (κ2) is 4.92. The Kier molecular flexibility index (Phi) is 3.95. The molecule has 0 amide bonds. The lowest BCUT2D eigenvalue weighted by atomic mass is 10.1. The number of nitro benzene ring substituents is 1. The summed E-state index contributed by atoms with van der Waals surface area (Å²) in [5.41, 5.74) is -2.70. The Morgan fingerprint density at radius 1 is 1.44 bits per heavy atom. The Morgan fingerprint density at radius 3 is 2.39 bits per heavy atom. The van der Waals surface area contributed by atoms with Gasteiger partial charge in [0, 0.05) is 0 Å². The first-order chi connectivity index (χ1) is 8.14. The molecule has 1 aromatic rings. The third kappa shape index (κ3) is 2.97. The average Bonchev–Trinajstić information content (AvgIpc) is 2.17. The molecule has 0 unspecified atom stereocenters. The summed E-state index contributed by atoms with van der Waals surface area (Å²) in [5, 5.41) is 19.2. The Balaban J connectivity index is 3.47. The van der Waals surface area contributed by atoms with Crippen molar-refractivity contribution in [2.24, 2.45) is 0 Å². The van der Waals surface area contributed by atoms with Gasteiger partial charge >= 0.3 is 12.1 Å². The van der Waals surface area contributed by atoms with E-state index in [0.717, 1.165) is 6.07 Å². The summed E-state index contributed by atoms with van der Waals surface area (Å²) in [7, 11) is 0. The number of nitro groups is 1. The topological polar surface area (TPSA) is 80.4 Å². The van der Waals surface area contributed by atoms with Crippen LogP contribution in [0.1, 0.15) is 11.1 Å². The van der Waals surface area contributed by atoms with Crippen molar-refractivity contribution in [3.8, 4) is 0 Å². The lowest BCUT2D eigenvalue weighted by Crippen LogP contribution is -2.11. The maximum atomic E-state index is 12.5. The van der Waals surface area contributed by atoms with Gasteiger partial charge in [-0.1, -0.05) is 6.07 Å². The number of halogens is 4. The molecule has 0 spiro atoms. The van der Waals surface area contributed by atoms with Gasteiger partial charge < -0.3 is 5.11 Å². The third-order valence-corrected chi connectivity index (χ3v) is 2.91. The van der Waals surface area contributed by atoms with E-state index in [4.69, 9.17) is 5.11 Å². The van der Waals surface area contributed by atoms with Gasteiger partial charge in [-0.15, -0.1) is 0 Å². The van der Waals surface area contributed by atoms with E-state index in [0.29, 0.717) is 6.07 Å². The molecule has 0 aliphatic carbocycles. The average molecular weight is 328 g/mol. The van der Waals surface area contributed by atoms with Crippen molar-refractivity contribution in [3.05, 3.63) is 37.8 Å². The minimum atomic E-state index is -4.88. The van der Waals surface area contributed by atoms with Crippen LogP contribution in [0.15, 0.2) is 16.6 Å². The highest BCUT2D eigenvalue weighted by Crippen LogP contribution is 2.41. The van der Waals surface area contributed by atoms with Crippen LogP contribution in [0.4, 0.5) is 18.9 Å². The first-order valence-corrected chi connectivity index (χ1v) is 5.18. The fourth-order valence-electron chi connectivity index (χ4n) is 1.31. The molecule has 0 aromatic heterocycles. The van der Waals surface area contributed by atoms with E-state index < -0.39 is 39.2 Å². The second-order valence-electron chi connectivity index (χ2n) is 3.26. The number of carboxylic acid groups (broad SMARTS) is 1. The highest BCUT2D eigenvalue weighted by molar-refractivity contribution is 9.10. The van der Waals surface area contributed by atoms with Gasteiger partial charge in [-0.05, 0) is 27.6 Å². The second-order valence-corrected chi connectivity index (χ2v) is 4.05. The number of rotatable bonds is 3. The zero-order chi connectivity index (χ0) is 14.1. The molecule has 0 fully saturated rings. The fraction of sp³-hybridized carbons (Fsp3) is 0.222. The molecule has 98 valence electrons. The van der Waals surface area contributed by atoms with Gasteiger partial charge in [0.05, 0.1) is 15.8 Å². The summed E-state index contributed by atoms with van der Waals surface area (Å²) in [6, 6.07) is 1.40. The van der Waals surface area contributed by atoms with Crippen molar-refractivity contribution in [1.29, 1.82) is 0 Å². The van der Waals surface area contributed by atoms with E-state index in [1.165, 1.54) is 0 Å². The smallest absolute Gasteiger partial charge is 0.423 e. The molecule has 1 aromatic carbocycles. The lowest BCUT2D eigenvalue weighted by molar-refractivity contribution is -0.388. The van der Waals surface area contributed by atoms with Crippen LogP contribution in [0.3, 0.4) is 0 Å². The molecule has 9 heteroatoms. The van der Waals surface area contributed by atoms with Gasteiger partial charge in [0.2, 0.25) is 0 Å². The van der Waals surface area contributed by atoms with Crippen LogP contribution >= 0.6 is 15.9 Å². The number of hydrogen-bond acceptors (Lipinski definition) is 3. The minimum absolute atomic E-state index is 0.0952. The van der Waals surface area contributed by atoms with Crippen LogP contribution in [0, 0.1) is 10.1 Å². The summed E-state index contributed by atoms with van der Waals surface area (Å²) in [6.07, 6.45) is -5.49. The maximum absolute atomic E-state index is 12.5. The van der Waals surface area contributed by atoms with E-state index in [9.17, 15) is 28.1 Å². The normalized spacial score (nSPS) is 11.3. The zero-order valence-corrected chi connectivity index (χ0v) is 10.1. The Morgan fingerprint density at radius 2 is 2.00 bits per heavy atom. The van der Waals surface area contributed by atoms with Crippen LogP contribution in [0.25, 0.3) is 0 Å². The number of aliphatic carboxylic acids is 1. The molecule has 18 heavy (non-hydrogen) atoms. The lowest BCUT2D eigenvalue weighted by Gasteiger charge is -2.10. The van der Waals surface area contributed by atoms with Gasteiger partial charge in [-0.2, -0.15) is 13.2 Å². The number of carboxylic acids is 1. The van der Waals surface area contributed by atoms with E-state index in [1.807, 2.05) is 0 Å². The number of nitrogens with zero attached hydrogens (tertiary/aromatic N) is 1. The summed E-state index contributed by atoms with van der Waals surface area (Å²) < 4.78 is 37.2. The molecule has 5 nitrogen and oxygen atoms in total. The van der Waals surface area contributed by atoms with E-state index in [2.05, 4.69) is 15.9 Å². The van der Waals surface area contributed by atoms with Gasteiger partial charge in [0.25, 0.3) is 5.69 Å². The van der Waals surface area contributed by atoms with E-state index >= 15 is 0 Å². The van der Waals surface area contributed by atoms with Gasteiger partial charge in [-0.3, -0.25) is 14.9 Å². The van der Waals surface area contributed by atoms with Crippen LogP contribution in [-0.4, -0.2) is 16.0 Å². The molecule has 0 atom stereocenters. The maximum Gasteiger partial charge on any atom is 0.423 e. The molecule has 0 radical (unpaired) electrons. The van der Waals surface area contributed by atoms with Crippen LogP contribution in [-0.2, 0) is 17.4 Å². The number of alkyl halides is 3. The van der Waals surface area contributed by atoms with Crippen molar-refractivity contribution in [2.45, 2.75) is 12.6 Å². The molecular weight excluding hydrogens is 323 g/mol. The van der Waals surface area contributed by atoms with Crippen molar-refractivity contribution in [3.63, 3.8) is 0 Å². The zero-order valence-electron chi connectivity index (χ0n) is 8.49. The van der Waals surface area contributed by atoms with Crippen molar-refractivity contribution < 1.29 is 28.0 Å². The van der Waals surface area contributed by atoms with Crippen molar-refractivity contribution in [1.82, 2.24) is 0 Å². The SMILES string of the molecule is O=C(O)Cc1ccc(C(F)(F)F)c([N+](=O)[O-])c1Br. The molecule has 0 heterocycles. The van der Waals surface area contributed by atoms with Crippen LogP contribution < -0.4 is 0 Å². The Hall–Kier alpha value is -1.64. The number of carbonyl (C=O) groups is 1. The molecule has 0 bridgehead atoms. The van der Waals surface area contributed by atoms with Gasteiger partial charge in [0.15, 0.2) is 0 Å². The number of hydrogen-bond donors (Lipinski definition) is 1. The predicted octanol–water partition coefficient (Wildman–Crippen LogP) is 3.00. The number of benzene rings is 1. The third-order valence-electron chi connectivity index (χ3n) is 2.03. The van der Waals surface area contributed by atoms with Crippen LogP contribution in [0.5, 0.6) is 0 Å². The molecule has 1 N–H and O–H groups in total. The van der Waals surface area contributed by atoms with Crippen molar-refractivity contribution in [2.75, 3.05) is 0 Å². The quantitative estimate of drug-likeness (QED) is 0.683. The minimum Gasteiger partial charge on any atom is -0.481 e. The highest BCUT2D eigenvalue weighted by Gasteiger charge is 2.40. The standard InChI is InChI=1S/C9H5BrF3NO4/c10-7-4(3-6(15)16)1-2-5(9(11,12)13)8(7)14(17)18/h1-2H,3H2,(H,15,16). The van der Waals surface area contributed by atoms with E-state index in [1.54, 1.807) is 0 Å². The van der Waals surface area contributed by atoms with Gasteiger partial charge in [-0.25, -0.2) is 0 Å². The molecule has 0 aliphatic heterocycles. The summed E-state index contributed by atoms with van der Waals surface area (Å²) in [5.74, 6) is -1.30. The molecule has 0 aliphatic rings. The molecule has 0 saturated carbocycles. The summed E-state index contributed by atoms with van der Waals surface area (Å²) in [4.78, 5) is 19.9. The predicted molar refractivity (Wildman–Crippen MR) is 57.1 cm³/mol. The molecule has 0 saturated heterocycles. The Labute approximate surface area is 106 Å². The first kappa shape index (κ1) is 14.4. The largest absolute Gasteiger partial charge is 0.481 e. The molecular formula is C9H5BrF3NO4. The fourth-order valence-corrected chi connectivity index (χ4v) is 1.94. The van der Waals surface area contributed by atoms with Crippen molar-refractivity contribution >= 4 is 27.6 Å². The monoisotopic (exact) mass is 327 g/mol. The Bertz CT molecular complexity index is 515. The highest BCUT2D eigenvalue weighted by atomic mass is 79.9. The van der Waals surface area contributed by atoms with E-state index in [-0.39, 0.29) is 5.56 Å². The first-order valence-electron chi connectivity index (χ1n) is 4.39.